The van der Waals surface area contributed by atoms with E-state index in [2.05, 4.69) is 10.1 Å². The van der Waals surface area contributed by atoms with Crippen molar-refractivity contribution in [3.05, 3.63) is 33.9 Å². The fraction of sp³-hybridized carbons (Fsp3) is 0.455. The van der Waals surface area contributed by atoms with Gasteiger partial charge >= 0.3 is 0 Å². The van der Waals surface area contributed by atoms with E-state index in [0.29, 0.717) is 0 Å². The van der Waals surface area contributed by atoms with Gasteiger partial charge in [-0.15, -0.1) is 0 Å². The van der Waals surface area contributed by atoms with Crippen LogP contribution in [0.2, 0.25) is 0 Å². The van der Waals surface area contributed by atoms with Crippen LogP contribution in [-0.2, 0) is 5.41 Å². The SMILES string of the molecule is CC(C)(C)c1cc2nc(C(F)F)cc(=O)n2[nH]1. The van der Waals surface area contributed by atoms with Crippen molar-refractivity contribution in [2.75, 3.05) is 0 Å². The quantitative estimate of drug-likeness (QED) is 0.832. The zero-order valence-electron chi connectivity index (χ0n) is 9.79. The minimum Gasteiger partial charge on any atom is -0.293 e. The molecule has 0 aliphatic carbocycles. The van der Waals surface area contributed by atoms with Crippen LogP contribution in [0, 0.1) is 0 Å². The summed E-state index contributed by atoms with van der Waals surface area (Å²) < 4.78 is 26.2. The van der Waals surface area contributed by atoms with Crippen LogP contribution in [0.3, 0.4) is 0 Å². The number of nitrogens with one attached hydrogen (secondary N) is 1. The Hall–Kier alpha value is -1.72. The van der Waals surface area contributed by atoms with Gasteiger partial charge in [0.1, 0.15) is 5.69 Å². The standard InChI is InChI=1S/C11H13F2N3O/c1-11(2,3)7-5-8-14-6(10(12)13)4-9(17)16(8)15-7/h4-5,10,15H,1-3H3. The van der Waals surface area contributed by atoms with Gasteiger partial charge in [0.25, 0.3) is 12.0 Å². The Morgan fingerprint density at radius 1 is 1.35 bits per heavy atom. The summed E-state index contributed by atoms with van der Waals surface area (Å²) in [5, 5.41) is 2.87. The number of hydrogen-bond donors (Lipinski definition) is 1. The van der Waals surface area contributed by atoms with Gasteiger partial charge in [0.05, 0.1) is 0 Å². The second kappa shape index (κ2) is 3.65. The molecule has 0 fully saturated rings. The molecule has 0 aromatic carbocycles. The molecule has 2 aromatic heterocycles. The van der Waals surface area contributed by atoms with Crippen molar-refractivity contribution in [3.8, 4) is 0 Å². The molecule has 2 rings (SSSR count). The highest BCUT2D eigenvalue weighted by molar-refractivity contribution is 5.41. The summed E-state index contributed by atoms with van der Waals surface area (Å²) in [7, 11) is 0. The van der Waals surface area contributed by atoms with E-state index < -0.39 is 17.7 Å². The molecule has 0 bridgehead atoms. The molecule has 2 aromatic rings. The molecule has 17 heavy (non-hydrogen) atoms. The van der Waals surface area contributed by atoms with Crippen LogP contribution in [-0.4, -0.2) is 14.6 Å². The number of rotatable bonds is 1. The maximum Gasteiger partial charge on any atom is 0.280 e. The van der Waals surface area contributed by atoms with Gasteiger partial charge in [0.15, 0.2) is 5.65 Å². The number of aromatic amines is 1. The predicted octanol–water partition coefficient (Wildman–Crippen LogP) is 2.26. The van der Waals surface area contributed by atoms with Crippen molar-refractivity contribution in [2.24, 2.45) is 0 Å². The van der Waals surface area contributed by atoms with Crippen molar-refractivity contribution in [3.63, 3.8) is 0 Å². The van der Waals surface area contributed by atoms with E-state index in [1.54, 1.807) is 6.07 Å². The minimum absolute atomic E-state index is 0.203. The van der Waals surface area contributed by atoms with E-state index in [9.17, 15) is 13.6 Å². The third-order valence-corrected chi connectivity index (χ3v) is 2.50. The predicted molar refractivity (Wildman–Crippen MR) is 59.5 cm³/mol. The lowest BCUT2D eigenvalue weighted by atomic mass is 9.93. The first kappa shape index (κ1) is 11.8. The van der Waals surface area contributed by atoms with Crippen molar-refractivity contribution in [1.29, 1.82) is 0 Å². The highest BCUT2D eigenvalue weighted by atomic mass is 19.3. The summed E-state index contributed by atoms with van der Waals surface area (Å²) in [5.74, 6) is 0. The van der Waals surface area contributed by atoms with Crippen LogP contribution >= 0.6 is 0 Å². The summed E-state index contributed by atoms with van der Waals surface area (Å²) in [6.45, 7) is 5.87. The van der Waals surface area contributed by atoms with E-state index in [1.165, 1.54) is 4.52 Å². The van der Waals surface area contributed by atoms with E-state index >= 15 is 0 Å². The highest BCUT2D eigenvalue weighted by Crippen LogP contribution is 2.22. The lowest BCUT2D eigenvalue weighted by Gasteiger charge is -2.14. The molecule has 92 valence electrons. The molecule has 0 radical (unpaired) electrons. The minimum atomic E-state index is -2.74. The summed E-state index contributed by atoms with van der Waals surface area (Å²) in [6, 6.07) is 2.47. The van der Waals surface area contributed by atoms with Gasteiger partial charge in [0, 0.05) is 23.2 Å². The fourth-order valence-electron chi connectivity index (χ4n) is 1.51. The number of H-pyrrole nitrogens is 1. The van der Waals surface area contributed by atoms with Crippen LogP contribution < -0.4 is 5.56 Å². The maximum absolute atomic E-state index is 12.5. The van der Waals surface area contributed by atoms with E-state index in [0.717, 1.165) is 11.8 Å². The Kier molecular flexibility index (Phi) is 2.52. The molecular formula is C11H13F2N3O. The average Bonchev–Trinajstić information content (AvgIpc) is 2.60. The van der Waals surface area contributed by atoms with Crippen molar-refractivity contribution in [2.45, 2.75) is 32.6 Å². The number of alkyl halides is 2. The Labute approximate surface area is 96.3 Å². The van der Waals surface area contributed by atoms with E-state index in [1.807, 2.05) is 20.8 Å². The van der Waals surface area contributed by atoms with Gasteiger partial charge in [0.2, 0.25) is 0 Å². The van der Waals surface area contributed by atoms with Gasteiger partial charge in [-0.2, -0.15) is 0 Å². The summed E-state index contributed by atoms with van der Waals surface area (Å²) in [5.41, 5.74) is -0.230. The molecule has 0 aliphatic heterocycles. The smallest absolute Gasteiger partial charge is 0.280 e. The Balaban J connectivity index is 2.70. The molecule has 0 saturated carbocycles. The molecule has 2 heterocycles. The Bertz CT molecular complexity index is 607. The lowest BCUT2D eigenvalue weighted by molar-refractivity contribution is 0.146. The van der Waals surface area contributed by atoms with Crippen LogP contribution in [0.4, 0.5) is 8.78 Å². The van der Waals surface area contributed by atoms with Crippen LogP contribution in [0.15, 0.2) is 16.9 Å². The first-order valence-electron chi connectivity index (χ1n) is 5.20. The highest BCUT2D eigenvalue weighted by Gasteiger charge is 2.19. The first-order valence-corrected chi connectivity index (χ1v) is 5.20. The molecule has 0 aliphatic rings. The molecule has 4 nitrogen and oxygen atoms in total. The number of aromatic nitrogens is 3. The van der Waals surface area contributed by atoms with Gasteiger partial charge < -0.3 is 0 Å². The molecule has 6 heteroatoms. The van der Waals surface area contributed by atoms with Gasteiger partial charge in [-0.05, 0) is 0 Å². The Morgan fingerprint density at radius 3 is 2.53 bits per heavy atom. The molecule has 0 atom stereocenters. The summed E-state index contributed by atoms with van der Waals surface area (Å²) in [6.07, 6.45) is -2.74. The molecule has 0 spiro atoms. The molecular weight excluding hydrogens is 228 g/mol. The summed E-state index contributed by atoms with van der Waals surface area (Å²) in [4.78, 5) is 15.4. The lowest BCUT2D eigenvalue weighted by Crippen LogP contribution is -2.17. The van der Waals surface area contributed by atoms with Crippen LogP contribution in [0.5, 0.6) is 0 Å². The number of nitrogens with zero attached hydrogens (tertiary/aromatic N) is 2. The molecule has 1 N–H and O–H groups in total. The molecule has 0 unspecified atom stereocenters. The second-order valence-corrected chi connectivity index (χ2v) is 4.93. The van der Waals surface area contributed by atoms with Crippen molar-refractivity contribution >= 4 is 5.65 Å². The number of halogens is 2. The third kappa shape index (κ3) is 2.07. The second-order valence-electron chi connectivity index (χ2n) is 4.93. The molecule has 0 saturated heterocycles. The van der Waals surface area contributed by atoms with Crippen molar-refractivity contribution in [1.82, 2.24) is 14.6 Å². The zero-order chi connectivity index (χ0) is 12.8. The van der Waals surface area contributed by atoms with E-state index in [-0.39, 0.29) is 11.1 Å². The van der Waals surface area contributed by atoms with Crippen LogP contribution in [0.25, 0.3) is 5.65 Å². The van der Waals surface area contributed by atoms with Crippen molar-refractivity contribution < 1.29 is 8.78 Å². The van der Waals surface area contributed by atoms with E-state index in [4.69, 9.17) is 0 Å². The van der Waals surface area contributed by atoms with Gasteiger partial charge in [-0.1, -0.05) is 20.8 Å². The third-order valence-electron chi connectivity index (χ3n) is 2.50. The largest absolute Gasteiger partial charge is 0.293 e. The zero-order valence-corrected chi connectivity index (χ0v) is 9.79. The summed E-state index contributed by atoms with van der Waals surface area (Å²) >= 11 is 0. The molecule has 0 amide bonds. The fourth-order valence-corrected chi connectivity index (χ4v) is 1.51. The monoisotopic (exact) mass is 241 g/mol. The number of fused-ring (bicyclic) bond motifs is 1. The topological polar surface area (TPSA) is 50.2 Å². The average molecular weight is 241 g/mol. The normalized spacial score (nSPS) is 12.6. The first-order chi connectivity index (χ1) is 7.79. The van der Waals surface area contributed by atoms with Gasteiger partial charge in [-0.3, -0.25) is 9.89 Å². The Morgan fingerprint density at radius 2 is 2.00 bits per heavy atom. The number of hydrogen-bond acceptors (Lipinski definition) is 2. The van der Waals surface area contributed by atoms with Gasteiger partial charge in [-0.25, -0.2) is 18.3 Å². The van der Waals surface area contributed by atoms with Crippen LogP contribution in [0.1, 0.15) is 38.6 Å². The maximum atomic E-state index is 12.5.